The van der Waals surface area contributed by atoms with Gasteiger partial charge in [-0.25, -0.2) is 9.37 Å². The third kappa shape index (κ3) is 4.11. The lowest BCUT2D eigenvalue weighted by Gasteiger charge is -2.22. The molecule has 0 saturated carbocycles. The standard InChI is InChI=1S/C13H14FN3.C6H7N3O3/c1-16-6-7-17-8-12(15-13(17)9-16)10-2-4-11(14)5-3-10;1-4-2-8-3-5(9(10)11)7-6(8)12-4/h2-5,8H,6-7,9H2,1H3;3-4H,2H2,1H3. The van der Waals surface area contributed by atoms with E-state index in [1.54, 1.807) is 16.7 Å². The molecular weight excluding hydrogens is 379 g/mol. The average Bonchev–Trinajstić information content (AvgIpc) is 3.35. The van der Waals surface area contributed by atoms with Crippen molar-refractivity contribution in [3.8, 4) is 17.3 Å². The number of fused-ring (bicyclic) bond motifs is 2. The second-order valence-corrected chi connectivity index (χ2v) is 7.20. The van der Waals surface area contributed by atoms with Gasteiger partial charge in [-0.3, -0.25) is 9.47 Å². The molecule has 1 unspecified atom stereocenters. The highest BCUT2D eigenvalue weighted by Crippen LogP contribution is 2.24. The Morgan fingerprint density at radius 1 is 1.17 bits per heavy atom. The summed E-state index contributed by atoms with van der Waals surface area (Å²) >= 11 is 0. The molecule has 10 heteroatoms. The maximum Gasteiger partial charge on any atom is 0.414 e. The Hall–Kier alpha value is -3.27. The lowest BCUT2D eigenvalue weighted by atomic mass is 10.2. The van der Waals surface area contributed by atoms with Crippen LogP contribution in [0.15, 0.2) is 36.7 Å². The number of ether oxygens (including phenoxy) is 1. The van der Waals surface area contributed by atoms with Crippen LogP contribution in [0.25, 0.3) is 11.3 Å². The largest absolute Gasteiger partial charge is 0.441 e. The predicted molar refractivity (Wildman–Crippen MR) is 103 cm³/mol. The van der Waals surface area contributed by atoms with E-state index >= 15 is 0 Å². The Morgan fingerprint density at radius 2 is 1.93 bits per heavy atom. The van der Waals surface area contributed by atoms with E-state index in [4.69, 9.17) is 4.74 Å². The van der Waals surface area contributed by atoms with E-state index < -0.39 is 4.92 Å². The molecule has 29 heavy (non-hydrogen) atoms. The van der Waals surface area contributed by atoms with Crippen LogP contribution >= 0.6 is 0 Å². The molecule has 0 bridgehead atoms. The molecule has 2 aliphatic rings. The van der Waals surface area contributed by atoms with Gasteiger partial charge in [-0.15, -0.1) is 0 Å². The van der Waals surface area contributed by atoms with Crippen LogP contribution in [0.5, 0.6) is 6.01 Å². The Kier molecular flexibility index (Phi) is 5.01. The lowest BCUT2D eigenvalue weighted by molar-refractivity contribution is -0.389. The Labute approximate surface area is 166 Å². The van der Waals surface area contributed by atoms with Crippen molar-refractivity contribution < 1.29 is 14.1 Å². The van der Waals surface area contributed by atoms with E-state index in [1.165, 1.54) is 18.3 Å². The van der Waals surface area contributed by atoms with Crippen molar-refractivity contribution in [2.45, 2.75) is 32.7 Å². The molecular formula is C19H21FN6O3. The summed E-state index contributed by atoms with van der Waals surface area (Å²) in [5, 5.41) is 10.3. The predicted octanol–water partition coefficient (Wildman–Crippen LogP) is 2.71. The normalized spacial score (nSPS) is 17.7. The van der Waals surface area contributed by atoms with Gasteiger partial charge in [-0.1, -0.05) is 0 Å². The number of hydrogen-bond donors (Lipinski definition) is 0. The molecule has 2 aliphatic heterocycles. The number of imidazole rings is 2. The molecule has 4 heterocycles. The van der Waals surface area contributed by atoms with E-state index in [9.17, 15) is 14.5 Å². The van der Waals surface area contributed by atoms with Crippen molar-refractivity contribution in [2.24, 2.45) is 0 Å². The quantitative estimate of drug-likeness (QED) is 0.485. The summed E-state index contributed by atoms with van der Waals surface area (Å²) in [7, 11) is 2.09. The number of halogens is 1. The fourth-order valence-corrected chi connectivity index (χ4v) is 3.33. The van der Waals surface area contributed by atoms with E-state index in [0.717, 1.165) is 36.7 Å². The second-order valence-electron chi connectivity index (χ2n) is 7.20. The van der Waals surface area contributed by atoms with Crippen LogP contribution in [0.2, 0.25) is 0 Å². The molecule has 0 N–H and O–H groups in total. The van der Waals surface area contributed by atoms with Gasteiger partial charge in [0.15, 0.2) is 0 Å². The van der Waals surface area contributed by atoms with Crippen molar-refractivity contribution >= 4 is 5.82 Å². The van der Waals surface area contributed by atoms with Gasteiger partial charge in [-0.05, 0) is 43.2 Å². The molecule has 0 aliphatic carbocycles. The maximum atomic E-state index is 12.8. The smallest absolute Gasteiger partial charge is 0.414 e. The fraction of sp³-hybridized carbons (Fsp3) is 0.368. The molecule has 9 nitrogen and oxygen atoms in total. The molecule has 0 radical (unpaired) electrons. The van der Waals surface area contributed by atoms with E-state index in [-0.39, 0.29) is 17.7 Å². The first-order chi connectivity index (χ1) is 13.9. The maximum absolute atomic E-state index is 12.8. The van der Waals surface area contributed by atoms with Crippen LogP contribution in [0.1, 0.15) is 12.7 Å². The van der Waals surface area contributed by atoms with Crippen molar-refractivity contribution in [1.82, 2.24) is 24.0 Å². The van der Waals surface area contributed by atoms with Gasteiger partial charge in [0.2, 0.25) is 0 Å². The Balaban J connectivity index is 0.000000150. The van der Waals surface area contributed by atoms with Gasteiger partial charge in [0.25, 0.3) is 0 Å². The van der Waals surface area contributed by atoms with Gasteiger partial charge >= 0.3 is 11.8 Å². The zero-order chi connectivity index (χ0) is 20.5. The van der Waals surface area contributed by atoms with Crippen LogP contribution in [0, 0.1) is 15.9 Å². The monoisotopic (exact) mass is 400 g/mol. The number of hydrogen-bond acceptors (Lipinski definition) is 6. The van der Waals surface area contributed by atoms with E-state index in [1.807, 2.05) is 6.92 Å². The van der Waals surface area contributed by atoms with Gasteiger partial charge in [-0.2, -0.15) is 0 Å². The number of likely N-dealkylation sites (N-methyl/N-ethyl adjacent to an activating group) is 1. The summed E-state index contributed by atoms with van der Waals surface area (Å²) in [6.45, 7) is 5.42. The van der Waals surface area contributed by atoms with Gasteiger partial charge < -0.3 is 19.4 Å². The van der Waals surface area contributed by atoms with Crippen molar-refractivity contribution in [1.29, 1.82) is 0 Å². The average molecular weight is 400 g/mol. The summed E-state index contributed by atoms with van der Waals surface area (Å²) in [6, 6.07) is 6.83. The molecule has 0 saturated heterocycles. The Morgan fingerprint density at radius 3 is 2.62 bits per heavy atom. The number of rotatable bonds is 2. The van der Waals surface area contributed by atoms with Crippen LogP contribution in [-0.4, -0.2) is 48.6 Å². The van der Waals surface area contributed by atoms with E-state index in [0.29, 0.717) is 12.6 Å². The van der Waals surface area contributed by atoms with Crippen molar-refractivity contribution in [3.63, 3.8) is 0 Å². The van der Waals surface area contributed by atoms with Crippen LogP contribution < -0.4 is 4.74 Å². The van der Waals surface area contributed by atoms with Crippen LogP contribution in [0.4, 0.5) is 10.2 Å². The van der Waals surface area contributed by atoms with Gasteiger partial charge in [0.05, 0.1) is 18.8 Å². The summed E-state index contributed by atoms with van der Waals surface area (Å²) in [4.78, 5) is 20.3. The lowest BCUT2D eigenvalue weighted by Crippen LogP contribution is -2.30. The topological polar surface area (TPSA) is 91.2 Å². The van der Waals surface area contributed by atoms with Crippen molar-refractivity contribution in [3.05, 3.63) is 58.4 Å². The highest BCUT2D eigenvalue weighted by molar-refractivity contribution is 5.58. The van der Waals surface area contributed by atoms with Gasteiger partial charge in [0, 0.05) is 29.8 Å². The molecule has 5 rings (SSSR count). The summed E-state index contributed by atoms with van der Waals surface area (Å²) in [5.74, 6) is 0.715. The number of aromatic nitrogens is 4. The van der Waals surface area contributed by atoms with Gasteiger partial charge in [0.1, 0.15) is 23.9 Å². The van der Waals surface area contributed by atoms with Crippen LogP contribution in [0.3, 0.4) is 0 Å². The summed E-state index contributed by atoms with van der Waals surface area (Å²) in [6.07, 6.45) is 3.50. The molecule has 3 aromatic rings. The molecule has 152 valence electrons. The highest BCUT2D eigenvalue weighted by Gasteiger charge is 2.28. The third-order valence-corrected chi connectivity index (χ3v) is 4.81. The third-order valence-electron chi connectivity index (χ3n) is 4.81. The first-order valence-corrected chi connectivity index (χ1v) is 9.28. The second kappa shape index (κ2) is 7.63. The zero-order valence-corrected chi connectivity index (χ0v) is 16.2. The minimum Gasteiger partial charge on any atom is -0.441 e. The number of nitrogens with zero attached hydrogens (tertiary/aromatic N) is 6. The van der Waals surface area contributed by atoms with E-state index in [2.05, 4.69) is 32.7 Å². The summed E-state index contributed by atoms with van der Waals surface area (Å²) in [5.41, 5.74) is 1.89. The summed E-state index contributed by atoms with van der Waals surface area (Å²) < 4.78 is 21.9. The molecule has 2 aromatic heterocycles. The van der Waals surface area contributed by atoms with Crippen molar-refractivity contribution in [2.75, 3.05) is 13.6 Å². The molecule has 0 fully saturated rings. The molecule has 0 spiro atoms. The first-order valence-electron chi connectivity index (χ1n) is 9.28. The highest BCUT2D eigenvalue weighted by atomic mass is 19.1. The fourth-order valence-electron chi connectivity index (χ4n) is 3.33. The number of nitro groups is 1. The SMILES string of the molecule is CC1Cn2cc([N+](=O)[O-])nc2O1.CN1CCn2cc(-c3ccc(F)cc3)nc2C1. The molecule has 1 aromatic carbocycles. The molecule has 0 amide bonds. The Bertz CT molecular complexity index is 1010. The minimum absolute atomic E-state index is 0.0632. The van der Waals surface area contributed by atoms with Crippen LogP contribution in [-0.2, 0) is 19.6 Å². The number of benzene rings is 1. The zero-order valence-electron chi connectivity index (χ0n) is 16.2. The first kappa shape index (κ1) is 19.1. The minimum atomic E-state index is -0.528. The molecule has 1 atom stereocenters.